The Morgan fingerprint density at radius 1 is 1.00 bits per heavy atom. The molecule has 1 heterocycles. The third kappa shape index (κ3) is 6.25. The number of hydrogen-bond acceptors (Lipinski definition) is 3. The van der Waals surface area contributed by atoms with Crippen LogP contribution in [0.4, 0.5) is 5.69 Å². The summed E-state index contributed by atoms with van der Waals surface area (Å²) in [6, 6.07) is 8.15. The van der Waals surface area contributed by atoms with Gasteiger partial charge in [-0.1, -0.05) is 76.5 Å². The van der Waals surface area contributed by atoms with Crippen LogP contribution in [0, 0.1) is 0 Å². The fourth-order valence-electron chi connectivity index (χ4n) is 3.15. The molecule has 3 nitrogen and oxygen atoms in total. The second kappa shape index (κ2) is 10.3. The quantitative estimate of drug-likeness (QED) is 0.510. The second-order valence-electron chi connectivity index (χ2n) is 6.52. The highest BCUT2D eigenvalue weighted by Crippen LogP contribution is 2.27. The lowest BCUT2D eigenvalue weighted by Gasteiger charge is -2.17. The molecule has 1 aromatic rings. The minimum atomic E-state index is -0.0929. The van der Waals surface area contributed by atoms with E-state index in [0.29, 0.717) is 6.42 Å². The first-order valence-corrected chi connectivity index (χ1v) is 9.37. The van der Waals surface area contributed by atoms with Gasteiger partial charge in [-0.05, 0) is 24.5 Å². The van der Waals surface area contributed by atoms with Crippen LogP contribution in [-0.2, 0) is 16.1 Å². The Hall–Kier alpha value is -1.51. The molecule has 23 heavy (non-hydrogen) atoms. The molecule has 0 bridgehead atoms. The highest BCUT2D eigenvalue weighted by atomic mass is 16.7. The summed E-state index contributed by atoms with van der Waals surface area (Å²) in [4.78, 5) is 17.5. The second-order valence-corrected chi connectivity index (χ2v) is 6.52. The highest BCUT2D eigenvalue weighted by molar-refractivity contribution is 5.71. The molecule has 0 fully saturated rings. The number of unbranched alkanes of at least 4 members (excludes halogenated alkanes) is 8. The fraction of sp³-hybridized carbons (Fsp3) is 0.650. The summed E-state index contributed by atoms with van der Waals surface area (Å²) < 4.78 is 0. The summed E-state index contributed by atoms with van der Waals surface area (Å²) in [5.74, 6) is -0.0929. The van der Waals surface area contributed by atoms with E-state index in [1.54, 1.807) is 5.06 Å². The average Bonchev–Trinajstić information content (AvgIpc) is 2.96. The van der Waals surface area contributed by atoms with E-state index in [2.05, 4.69) is 13.0 Å². The Labute approximate surface area is 141 Å². The third-order valence-corrected chi connectivity index (χ3v) is 4.54. The zero-order chi connectivity index (χ0) is 16.3. The van der Waals surface area contributed by atoms with Crippen molar-refractivity contribution in [1.29, 1.82) is 0 Å². The van der Waals surface area contributed by atoms with Crippen molar-refractivity contribution in [2.75, 3.05) is 11.6 Å². The van der Waals surface area contributed by atoms with Gasteiger partial charge in [0.25, 0.3) is 0 Å². The van der Waals surface area contributed by atoms with Crippen LogP contribution in [0.15, 0.2) is 24.3 Å². The number of fused-ring (bicyclic) bond motifs is 1. The number of carbonyl (C=O) groups excluding carboxylic acids is 1. The molecule has 0 aliphatic carbocycles. The Morgan fingerprint density at radius 2 is 1.65 bits per heavy atom. The van der Waals surface area contributed by atoms with Crippen molar-refractivity contribution >= 4 is 11.7 Å². The maximum Gasteiger partial charge on any atom is 0.332 e. The van der Waals surface area contributed by atoms with Crippen LogP contribution < -0.4 is 5.06 Å². The lowest BCUT2D eigenvalue weighted by atomic mass is 10.1. The zero-order valence-electron chi connectivity index (χ0n) is 14.6. The van der Waals surface area contributed by atoms with Crippen molar-refractivity contribution < 1.29 is 9.63 Å². The van der Waals surface area contributed by atoms with E-state index in [9.17, 15) is 4.79 Å². The van der Waals surface area contributed by atoms with E-state index < -0.39 is 0 Å². The normalized spacial score (nSPS) is 13.2. The maximum absolute atomic E-state index is 12.0. The van der Waals surface area contributed by atoms with Gasteiger partial charge in [0.2, 0.25) is 0 Å². The van der Waals surface area contributed by atoms with Crippen molar-refractivity contribution in [2.24, 2.45) is 0 Å². The van der Waals surface area contributed by atoms with Crippen molar-refractivity contribution in [1.82, 2.24) is 0 Å². The number of carbonyl (C=O) groups is 1. The summed E-state index contributed by atoms with van der Waals surface area (Å²) in [7, 11) is 0. The summed E-state index contributed by atoms with van der Waals surface area (Å²) in [6.07, 6.45) is 12.9. The SMILES string of the molecule is CCCCCCCCCCCC(=O)ON1CCc2ccccc21. The number of hydroxylamine groups is 1. The van der Waals surface area contributed by atoms with Gasteiger partial charge in [0.15, 0.2) is 0 Å². The molecule has 0 unspecified atom stereocenters. The Kier molecular flexibility index (Phi) is 7.99. The summed E-state index contributed by atoms with van der Waals surface area (Å²) in [5.41, 5.74) is 2.32. The minimum absolute atomic E-state index is 0.0929. The van der Waals surface area contributed by atoms with Gasteiger partial charge in [0.05, 0.1) is 12.2 Å². The highest BCUT2D eigenvalue weighted by Gasteiger charge is 2.21. The lowest BCUT2D eigenvalue weighted by molar-refractivity contribution is -0.145. The van der Waals surface area contributed by atoms with E-state index >= 15 is 0 Å². The predicted molar refractivity (Wildman–Crippen MR) is 95.4 cm³/mol. The van der Waals surface area contributed by atoms with E-state index in [1.807, 2.05) is 18.2 Å². The standard InChI is InChI=1S/C20H31NO2/c1-2-3-4-5-6-7-8-9-10-15-20(22)23-21-17-16-18-13-11-12-14-19(18)21/h11-14H,2-10,15-17H2,1H3. The topological polar surface area (TPSA) is 29.5 Å². The molecule has 0 atom stereocenters. The van der Waals surface area contributed by atoms with Gasteiger partial charge in [0.1, 0.15) is 0 Å². The summed E-state index contributed by atoms with van der Waals surface area (Å²) in [6.45, 7) is 3.03. The maximum atomic E-state index is 12.0. The monoisotopic (exact) mass is 317 g/mol. The van der Waals surface area contributed by atoms with Crippen molar-refractivity contribution in [3.05, 3.63) is 29.8 Å². The Balaban J connectivity index is 1.51. The number of anilines is 1. The molecule has 0 aromatic heterocycles. The van der Waals surface area contributed by atoms with Crippen LogP contribution in [0.3, 0.4) is 0 Å². The molecule has 1 aliphatic rings. The third-order valence-electron chi connectivity index (χ3n) is 4.54. The molecule has 2 rings (SSSR count). The molecule has 0 N–H and O–H groups in total. The van der Waals surface area contributed by atoms with Crippen LogP contribution in [0.2, 0.25) is 0 Å². The van der Waals surface area contributed by atoms with E-state index in [-0.39, 0.29) is 5.97 Å². The van der Waals surface area contributed by atoms with Crippen LogP contribution >= 0.6 is 0 Å². The van der Waals surface area contributed by atoms with E-state index in [1.165, 1.54) is 50.5 Å². The fourth-order valence-corrected chi connectivity index (χ4v) is 3.15. The molecule has 0 amide bonds. The molecule has 0 spiro atoms. The summed E-state index contributed by atoms with van der Waals surface area (Å²) in [5, 5.41) is 1.76. The van der Waals surface area contributed by atoms with E-state index in [0.717, 1.165) is 31.5 Å². The van der Waals surface area contributed by atoms with Crippen LogP contribution in [0.5, 0.6) is 0 Å². The molecule has 1 aliphatic heterocycles. The van der Waals surface area contributed by atoms with Gasteiger partial charge < -0.3 is 4.84 Å². The zero-order valence-corrected chi connectivity index (χ0v) is 14.6. The van der Waals surface area contributed by atoms with Gasteiger partial charge in [-0.15, -0.1) is 0 Å². The number of benzene rings is 1. The molecule has 128 valence electrons. The molecule has 0 saturated heterocycles. The first kappa shape index (κ1) is 17.8. The predicted octanol–water partition coefficient (Wildman–Crippen LogP) is 5.43. The number of rotatable bonds is 11. The van der Waals surface area contributed by atoms with Gasteiger partial charge in [-0.2, -0.15) is 0 Å². The van der Waals surface area contributed by atoms with Gasteiger partial charge in [0, 0.05) is 6.42 Å². The lowest BCUT2D eigenvalue weighted by Crippen LogP contribution is -2.25. The smallest absolute Gasteiger partial charge is 0.332 e. The van der Waals surface area contributed by atoms with Gasteiger partial charge in [-0.25, -0.2) is 9.86 Å². The molecule has 1 aromatic carbocycles. The van der Waals surface area contributed by atoms with Crippen molar-refractivity contribution in [2.45, 2.75) is 77.6 Å². The largest absolute Gasteiger partial charge is 0.341 e. The first-order chi connectivity index (χ1) is 11.3. The van der Waals surface area contributed by atoms with Gasteiger partial charge >= 0.3 is 5.97 Å². The van der Waals surface area contributed by atoms with Crippen molar-refractivity contribution in [3.8, 4) is 0 Å². The Bertz CT molecular complexity index is 472. The molecular formula is C20H31NO2. The molecule has 0 saturated carbocycles. The number of hydrogen-bond donors (Lipinski definition) is 0. The minimum Gasteiger partial charge on any atom is -0.341 e. The first-order valence-electron chi connectivity index (χ1n) is 9.37. The van der Waals surface area contributed by atoms with Gasteiger partial charge in [-0.3, -0.25) is 0 Å². The molecular weight excluding hydrogens is 286 g/mol. The van der Waals surface area contributed by atoms with Crippen LogP contribution in [0.1, 0.15) is 76.7 Å². The van der Waals surface area contributed by atoms with Crippen LogP contribution in [-0.4, -0.2) is 12.5 Å². The van der Waals surface area contributed by atoms with E-state index in [4.69, 9.17) is 4.84 Å². The van der Waals surface area contributed by atoms with Crippen LogP contribution in [0.25, 0.3) is 0 Å². The molecule has 0 radical (unpaired) electrons. The summed E-state index contributed by atoms with van der Waals surface area (Å²) >= 11 is 0. The number of para-hydroxylation sites is 1. The average molecular weight is 317 g/mol. The molecule has 3 heteroatoms. The van der Waals surface area contributed by atoms with Crippen molar-refractivity contribution in [3.63, 3.8) is 0 Å². The number of nitrogens with zero attached hydrogens (tertiary/aromatic N) is 1. The Morgan fingerprint density at radius 3 is 2.39 bits per heavy atom.